The van der Waals surface area contributed by atoms with Crippen molar-refractivity contribution in [2.45, 2.75) is 13.0 Å². The average Bonchev–Trinajstić information content (AvgIpc) is 2.33. The van der Waals surface area contributed by atoms with Gasteiger partial charge in [0, 0.05) is 19.7 Å². The first-order valence-electron chi connectivity index (χ1n) is 6.04. The predicted molar refractivity (Wildman–Crippen MR) is 64.1 cm³/mol. The molecule has 0 radical (unpaired) electrons. The van der Waals surface area contributed by atoms with Crippen LogP contribution in [-0.2, 0) is 14.2 Å². The Morgan fingerprint density at radius 2 is 1.82 bits per heavy atom. The van der Waals surface area contributed by atoms with Crippen molar-refractivity contribution < 1.29 is 24.4 Å². The molecule has 0 amide bonds. The largest absolute Gasteiger partial charge is 0.394 e. The Hall–Kier alpha value is -0.240. The minimum atomic E-state index is -0.519. The summed E-state index contributed by atoms with van der Waals surface area (Å²) in [7, 11) is 0. The Bertz CT molecular complexity index is 148. The maximum absolute atomic E-state index is 9.50. The van der Waals surface area contributed by atoms with Gasteiger partial charge in [0.25, 0.3) is 0 Å². The fraction of sp³-hybridized carbons (Fsp3) is 1.00. The fourth-order valence-corrected chi connectivity index (χ4v) is 1.12. The Balaban J connectivity index is 3.09. The number of hydrogen-bond donors (Lipinski definition) is 3. The molecule has 0 spiro atoms. The number of hydrogen-bond acceptors (Lipinski definition) is 6. The van der Waals surface area contributed by atoms with Gasteiger partial charge < -0.3 is 29.7 Å². The van der Waals surface area contributed by atoms with Crippen LogP contribution in [0.3, 0.4) is 0 Å². The second-order valence-electron chi connectivity index (χ2n) is 3.47. The first-order chi connectivity index (χ1) is 8.31. The first-order valence-corrected chi connectivity index (χ1v) is 6.04. The summed E-state index contributed by atoms with van der Waals surface area (Å²) in [6.07, 6.45) is -0.519. The Morgan fingerprint density at radius 1 is 1.06 bits per heavy atom. The lowest BCUT2D eigenvalue weighted by atomic mass is 10.4. The summed E-state index contributed by atoms with van der Waals surface area (Å²) in [5.41, 5.74) is 0. The molecule has 1 atom stereocenters. The zero-order chi connectivity index (χ0) is 12.8. The summed E-state index contributed by atoms with van der Waals surface area (Å²) >= 11 is 0. The van der Waals surface area contributed by atoms with Gasteiger partial charge in [0.2, 0.25) is 0 Å². The van der Waals surface area contributed by atoms with E-state index in [1.54, 1.807) is 0 Å². The molecular formula is C11H25NO5. The number of rotatable bonds is 13. The van der Waals surface area contributed by atoms with Crippen molar-refractivity contribution >= 4 is 0 Å². The molecule has 0 aliphatic carbocycles. The second-order valence-corrected chi connectivity index (χ2v) is 3.47. The van der Waals surface area contributed by atoms with E-state index < -0.39 is 6.10 Å². The van der Waals surface area contributed by atoms with Gasteiger partial charge in [-0.25, -0.2) is 0 Å². The summed E-state index contributed by atoms with van der Waals surface area (Å²) in [4.78, 5) is 0. The van der Waals surface area contributed by atoms with E-state index in [1.807, 2.05) is 6.92 Å². The molecule has 6 nitrogen and oxygen atoms in total. The van der Waals surface area contributed by atoms with E-state index in [0.29, 0.717) is 52.7 Å². The van der Waals surface area contributed by atoms with Crippen LogP contribution in [0, 0.1) is 0 Å². The molecule has 0 aromatic carbocycles. The molecule has 17 heavy (non-hydrogen) atoms. The van der Waals surface area contributed by atoms with Crippen molar-refractivity contribution in [3.05, 3.63) is 0 Å². The van der Waals surface area contributed by atoms with Crippen molar-refractivity contribution in [2.75, 3.05) is 59.3 Å². The lowest BCUT2D eigenvalue weighted by molar-refractivity contribution is 0.00581. The molecule has 0 aliphatic rings. The summed E-state index contributed by atoms with van der Waals surface area (Å²) in [5, 5.41) is 21.0. The van der Waals surface area contributed by atoms with Crippen LogP contribution < -0.4 is 5.32 Å². The molecular weight excluding hydrogens is 226 g/mol. The monoisotopic (exact) mass is 251 g/mol. The molecule has 0 bridgehead atoms. The molecule has 0 aromatic heterocycles. The summed E-state index contributed by atoms with van der Waals surface area (Å²) < 4.78 is 15.4. The Morgan fingerprint density at radius 3 is 2.53 bits per heavy atom. The van der Waals surface area contributed by atoms with E-state index >= 15 is 0 Å². The quantitative estimate of drug-likeness (QED) is 0.364. The predicted octanol–water partition coefficient (Wildman–Crippen LogP) is -1.00. The third kappa shape index (κ3) is 13.7. The van der Waals surface area contributed by atoms with Gasteiger partial charge in [0.1, 0.15) is 0 Å². The van der Waals surface area contributed by atoms with Crippen LogP contribution in [0.1, 0.15) is 6.92 Å². The standard InChI is InChI=1S/C11H25NO5/c1-2-15-7-8-17-10-11(14)9-12-3-5-16-6-4-13/h11-14H,2-10H2,1H3. The molecule has 0 aliphatic heterocycles. The van der Waals surface area contributed by atoms with Crippen LogP contribution in [0.5, 0.6) is 0 Å². The van der Waals surface area contributed by atoms with E-state index in [2.05, 4.69) is 5.32 Å². The van der Waals surface area contributed by atoms with Crippen LogP contribution in [0.2, 0.25) is 0 Å². The molecule has 6 heteroatoms. The van der Waals surface area contributed by atoms with Crippen LogP contribution >= 0.6 is 0 Å². The molecule has 0 saturated carbocycles. The first kappa shape index (κ1) is 16.8. The van der Waals surface area contributed by atoms with Crippen LogP contribution in [0.25, 0.3) is 0 Å². The van der Waals surface area contributed by atoms with Gasteiger partial charge >= 0.3 is 0 Å². The lowest BCUT2D eigenvalue weighted by Gasteiger charge is -2.12. The van der Waals surface area contributed by atoms with Gasteiger partial charge in [-0.1, -0.05) is 0 Å². The summed E-state index contributed by atoms with van der Waals surface area (Å²) in [6, 6.07) is 0. The number of aliphatic hydroxyl groups excluding tert-OH is 2. The summed E-state index contributed by atoms with van der Waals surface area (Å²) in [6.45, 7) is 6.01. The smallest absolute Gasteiger partial charge is 0.0897 e. The van der Waals surface area contributed by atoms with Crippen LogP contribution in [-0.4, -0.2) is 75.7 Å². The molecule has 0 saturated heterocycles. The third-order valence-electron chi connectivity index (χ3n) is 1.93. The highest BCUT2D eigenvalue weighted by molar-refractivity contribution is 4.57. The fourth-order valence-electron chi connectivity index (χ4n) is 1.12. The van der Waals surface area contributed by atoms with Crippen LogP contribution in [0.4, 0.5) is 0 Å². The van der Waals surface area contributed by atoms with E-state index in [1.165, 1.54) is 0 Å². The third-order valence-corrected chi connectivity index (χ3v) is 1.93. The highest BCUT2D eigenvalue weighted by Gasteiger charge is 2.03. The number of nitrogens with one attached hydrogen (secondary N) is 1. The maximum Gasteiger partial charge on any atom is 0.0897 e. The average molecular weight is 251 g/mol. The van der Waals surface area contributed by atoms with Gasteiger partial charge in [-0.05, 0) is 6.92 Å². The van der Waals surface area contributed by atoms with E-state index in [4.69, 9.17) is 19.3 Å². The van der Waals surface area contributed by atoms with Crippen molar-refractivity contribution in [3.63, 3.8) is 0 Å². The molecule has 104 valence electrons. The van der Waals surface area contributed by atoms with E-state index in [9.17, 15) is 5.11 Å². The SMILES string of the molecule is CCOCCOCC(O)CNCCOCCO. The lowest BCUT2D eigenvalue weighted by Crippen LogP contribution is -2.32. The van der Waals surface area contributed by atoms with Crippen molar-refractivity contribution in [2.24, 2.45) is 0 Å². The molecule has 0 rings (SSSR count). The highest BCUT2D eigenvalue weighted by Crippen LogP contribution is 1.85. The zero-order valence-corrected chi connectivity index (χ0v) is 10.6. The minimum Gasteiger partial charge on any atom is -0.394 e. The highest BCUT2D eigenvalue weighted by atomic mass is 16.5. The van der Waals surface area contributed by atoms with E-state index in [-0.39, 0.29) is 6.61 Å². The normalized spacial score (nSPS) is 12.9. The van der Waals surface area contributed by atoms with Gasteiger partial charge in [-0.15, -0.1) is 0 Å². The van der Waals surface area contributed by atoms with Crippen molar-refractivity contribution in [3.8, 4) is 0 Å². The van der Waals surface area contributed by atoms with Gasteiger partial charge in [0.15, 0.2) is 0 Å². The van der Waals surface area contributed by atoms with Crippen LogP contribution in [0.15, 0.2) is 0 Å². The number of ether oxygens (including phenoxy) is 3. The topological polar surface area (TPSA) is 80.2 Å². The molecule has 0 heterocycles. The maximum atomic E-state index is 9.50. The summed E-state index contributed by atoms with van der Waals surface area (Å²) in [5.74, 6) is 0. The van der Waals surface area contributed by atoms with Crippen molar-refractivity contribution in [1.29, 1.82) is 0 Å². The second kappa shape index (κ2) is 13.8. The molecule has 1 unspecified atom stereocenters. The van der Waals surface area contributed by atoms with E-state index in [0.717, 1.165) is 0 Å². The Labute approximate surface area is 103 Å². The minimum absolute atomic E-state index is 0.0380. The molecule has 0 fully saturated rings. The van der Waals surface area contributed by atoms with Gasteiger partial charge in [-0.3, -0.25) is 0 Å². The van der Waals surface area contributed by atoms with Gasteiger partial charge in [0.05, 0.1) is 45.7 Å². The van der Waals surface area contributed by atoms with Gasteiger partial charge in [-0.2, -0.15) is 0 Å². The van der Waals surface area contributed by atoms with Crippen molar-refractivity contribution in [1.82, 2.24) is 5.32 Å². The molecule has 3 N–H and O–H groups in total. The zero-order valence-electron chi connectivity index (χ0n) is 10.6. The Kier molecular flexibility index (Phi) is 13.6. The molecule has 0 aromatic rings. The number of aliphatic hydroxyl groups is 2.